The second-order valence-electron chi connectivity index (χ2n) is 9.99. The normalized spacial score (nSPS) is 22.8. The van der Waals surface area contributed by atoms with E-state index in [1.54, 1.807) is 0 Å². The first-order valence-corrected chi connectivity index (χ1v) is 11.2. The number of Topliss-reactive ketones (excluding diaryl/α,β-unsaturated/α-hetero) is 1. The molecule has 0 radical (unpaired) electrons. The van der Waals surface area contributed by atoms with Crippen molar-refractivity contribution < 1.29 is 4.79 Å². The lowest BCUT2D eigenvalue weighted by atomic mass is 9.66. The van der Waals surface area contributed by atoms with Crippen LogP contribution in [0.3, 0.4) is 0 Å². The van der Waals surface area contributed by atoms with Crippen LogP contribution in [-0.4, -0.2) is 16.7 Å². The lowest BCUT2D eigenvalue weighted by molar-refractivity contribution is -0.130. The fourth-order valence-corrected chi connectivity index (χ4v) is 5.60. The van der Waals surface area contributed by atoms with E-state index in [2.05, 4.69) is 12.1 Å². The molecule has 0 saturated carbocycles. The summed E-state index contributed by atoms with van der Waals surface area (Å²) in [4.78, 5) is 16.0. The minimum atomic E-state index is -1.43. The van der Waals surface area contributed by atoms with Crippen LogP contribution in [0, 0.1) is 33.5 Å². The molecule has 4 heteroatoms. The first-order chi connectivity index (χ1) is 15.8. The predicted octanol–water partition coefficient (Wildman–Crippen LogP) is 5.98. The summed E-state index contributed by atoms with van der Waals surface area (Å²) in [5.41, 5.74) is 0.700. The lowest BCUT2D eigenvalue weighted by Gasteiger charge is -2.36. The Morgan fingerprint density at radius 1 is 0.909 bits per heavy atom. The molecule has 1 fully saturated rings. The molecule has 0 unspecified atom stereocenters. The minimum absolute atomic E-state index is 0.0295. The Hall–Kier alpha value is -3.89. The van der Waals surface area contributed by atoms with E-state index in [4.69, 9.17) is 0 Å². The van der Waals surface area contributed by atoms with Crippen molar-refractivity contribution in [2.45, 2.75) is 38.8 Å². The maximum absolute atomic E-state index is 14.0. The third-order valence-electron chi connectivity index (χ3n) is 7.11. The van der Waals surface area contributed by atoms with Gasteiger partial charge in [-0.05, 0) is 33.5 Å². The Bertz CT molecular complexity index is 1360. The molecule has 2 heterocycles. The first-order valence-electron chi connectivity index (χ1n) is 11.2. The molecule has 3 aromatic carbocycles. The number of hydrogen-bond donors (Lipinski definition) is 0. The van der Waals surface area contributed by atoms with Gasteiger partial charge in [0.25, 0.3) is 0 Å². The van der Waals surface area contributed by atoms with Gasteiger partial charge in [0.2, 0.25) is 0 Å². The topological polar surface area (TPSA) is 67.9 Å². The van der Waals surface area contributed by atoms with E-state index in [9.17, 15) is 15.3 Å². The summed E-state index contributed by atoms with van der Waals surface area (Å²) in [5.74, 6) is -0.576. The van der Waals surface area contributed by atoms with Gasteiger partial charge in [0.05, 0.1) is 24.2 Å². The SMILES string of the molecule is CC(C)(C)C(=O)[C@@H]1[C@@H](c2cccc3ccccc23)C(C#N)(C#N)[C@H]2c3ccccc3C=CN12. The molecule has 2 aliphatic rings. The van der Waals surface area contributed by atoms with Crippen LogP contribution in [0.4, 0.5) is 0 Å². The number of nitriles is 2. The molecule has 4 nitrogen and oxygen atoms in total. The molecule has 162 valence electrons. The quantitative estimate of drug-likeness (QED) is 0.500. The van der Waals surface area contributed by atoms with E-state index in [1.165, 1.54) is 0 Å². The number of carbonyl (C=O) groups excluding carboxylic acids is 1. The summed E-state index contributed by atoms with van der Waals surface area (Å²) in [5, 5.41) is 23.3. The maximum Gasteiger partial charge on any atom is 0.177 e. The molecular weight excluding hydrogens is 406 g/mol. The second-order valence-corrected chi connectivity index (χ2v) is 9.99. The first kappa shape index (κ1) is 21.0. The van der Waals surface area contributed by atoms with E-state index in [-0.39, 0.29) is 5.78 Å². The zero-order chi connectivity index (χ0) is 23.4. The van der Waals surface area contributed by atoms with Gasteiger partial charge in [0.1, 0.15) is 0 Å². The monoisotopic (exact) mass is 431 g/mol. The van der Waals surface area contributed by atoms with Crippen molar-refractivity contribution in [2.75, 3.05) is 0 Å². The Kier molecular flexibility index (Phi) is 4.66. The Labute approximate surface area is 194 Å². The number of fused-ring (bicyclic) bond motifs is 4. The van der Waals surface area contributed by atoms with Crippen LogP contribution in [0.5, 0.6) is 0 Å². The molecule has 3 atom stereocenters. The van der Waals surface area contributed by atoms with E-state index in [0.717, 1.165) is 27.5 Å². The Balaban J connectivity index is 1.86. The van der Waals surface area contributed by atoms with Gasteiger partial charge in [0.15, 0.2) is 11.2 Å². The van der Waals surface area contributed by atoms with Gasteiger partial charge in [-0.3, -0.25) is 4.79 Å². The highest BCUT2D eigenvalue weighted by atomic mass is 16.1. The molecule has 33 heavy (non-hydrogen) atoms. The van der Waals surface area contributed by atoms with Crippen LogP contribution >= 0.6 is 0 Å². The predicted molar refractivity (Wildman–Crippen MR) is 129 cm³/mol. The van der Waals surface area contributed by atoms with Crippen molar-refractivity contribution in [3.05, 3.63) is 89.6 Å². The van der Waals surface area contributed by atoms with Crippen molar-refractivity contribution in [3.63, 3.8) is 0 Å². The third kappa shape index (κ3) is 2.91. The van der Waals surface area contributed by atoms with Crippen molar-refractivity contribution in [3.8, 4) is 12.1 Å². The summed E-state index contributed by atoms with van der Waals surface area (Å²) in [7, 11) is 0. The van der Waals surface area contributed by atoms with Crippen molar-refractivity contribution in [1.29, 1.82) is 10.5 Å². The summed E-state index contributed by atoms with van der Waals surface area (Å²) >= 11 is 0. The molecule has 0 N–H and O–H groups in total. The molecule has 0 aromatic heterocycles. The molecule has 0 spiro atoms. The van der Waals surface area contributed by atoms with Crippen molar-refractivity contribution in [2.24, 2.45) is 10.8 Å². The molecule has 0 bridgehead atoms. The number of rotatable bonds is 2. The average Bonchev–Trinajstić information content (AvgIpc) is 3.13. The Morgan fingerprint density at radius 3 is 2.27 bits per heavy atom. The fraction of sp³-hybridized carbons (Fsp3) is 0.276. The maximum atomic E-state index is 14.0. The van der Waals surface area contributed by atoms with Crippen LogP contribution < -0.4 is 0 Å². The van der Waals surface area contributed by atoms with Crippen molar-refractivity contribution in [1.82, 2.24) is 4.90 Å². The molecular formula is C29H25N3O. The lowest BCUT2D eigenvalue weighted by Crippen LogP contribution is -2.43. The highest BCUT2D eigenvalue weighted by Gasteiger charge is 2.64. The van der Waals surface area contributed by atoms with Gasteiger partial charge in [-0.2, -0.15) is 10.5 Å². The van der Waals surface area contributed by atoms with Crippen LogP contribution in [0.15, 0.2) is 72.9 Å². The molecule has 0 aliphatic carbocycles. The highest BCUT2D eigenvalue weighted by Crippen LogP contribution is 2.61. The van der Waals surface area contributed by atoms with Gasteiger partial charge in [-0.25, -0.2) is 0 Å². The number of hydrogen-bond acceptors (Lipinski definition) is 4. The van der Waals surface area contributed by atoms with E-state index in [1.807, 2.05) is 105 Å². The van der Waals surface area contributed by atoms with E-state index < -0.39 is 28.8 Å². The molecule has 1 saturated heterocycles. The number of benzene rings is 3. The van der Waals surface area contributed by atoms with E-state index >= 15 is 0 Å². The Morgan fingerprint density at radius 2 is 1.55 bits per heavy atom. The zero-order valence-corrected chi connectivity index (χ0v) is 19.0. The van der Waals surface area contributed by atoms with Gasteiger partial charge >= 0.3 is 0 Å². The average molecular weight is 432 g/mol. The standard InChI is InChI=1S/C29H25N3O/c1-28(2,3)27(33)25-24(23-14-8-11-19-9-4-6-12-21(19)23)29(17-30,18-31)26-22-13-7-5-10-20(22)15-16-32(25)26/h4-16,24-26H,1-3H3/t24-,25+,26-/m1/s1. The fourth-order valence-electron chi connectivity index (χ4n) is 5.60. The second kappa shape index (κ2) is 7.32. The largest absolute Gasteiger partial charge is 0.357 e. The molecule has 5 rings (SSSR count). The van der Waals surface area contributed by atoms with Crippen LogP contribution in [0.1, 0.15) is 49.4 Å². The summed E-state index contributed by atoms with van der Waals surface area (Å²) in [6.45, 7) is 5.72. The summed E-state index contributed by atoms with van der Waals surface area (Å²) < 4.78 is 0. The minimum Gasteiger partial charge on any atom is -0.357 e. The third-order valence-corrected chi connectivity index (χ3v) is 7.11. The van der Waals surface area contributed by atoms with Crippen LogP contribution in [0.2, 0.25) is 0 Å². The van der Waals surface area contributed by atoms with Gasteiger partial charge in [0, 0.05) is 17.5 Å². The molecule has 0 amide bonds. The number of ketones is 1. The van der Waals surface area contributed by atoms with Crippen LogP contribution in [-0.2, 0) is 4.79 Å². The zero-order valence-electron chi connectivity index (χ0n) is 19.0. The highest BCUT2D eigenvalue weighted by molar-refractivity contribution is 5.93. The number of nitrogens with zero attached hydrogens (tertiary/aromatic N) is 3. The summed E-state index contributed by atoms with van der Waals surface area (Å²) in [6, 6.07) is 25.5. The van der Waals surface area contributed by atoms with Gasteiger partial charge < -0.3 is 4.90 Å². The van der Waals surface area contributed by atoms with Crippen LogP contribution in [0.25, 0.3) is 16.8 Å². The molecule has 2 aliphatic heterocycles. The van der Waals surface area contributed by atoms with Gasteiger partial charge in [-0.1, -0.05) is 87.5 Å². The summed E-state index contributed by atoms with van der Waals surface area (Å²) in [6.07, 6.45) is 3.90. The van der Waals surface area contributed by atoms with E-state index in [0.29, 0.717) is 0 Å². The smallest absolute Gasteiger partial charge is 0.177 e. The number of carbonyl (C=O) groups is 1. The van der Waals surface area contributed by atoms with Crippen molar-refractivity contribution >= 4 is 22.6 Å². The molecule has 3 aromatic rings. The van der Waals surface area contributed by atoms with Gasteiger partial charge in [-0.15, -0.1) is 0 Å².